The van der Waals surface area contributed by atoms with Crippen molar-refractivity contribution in [3.05, 3.63) is 0 Å². The van der Waals surface area contributed by atoms with Crippen LogP contribution < -0.4 is 0 Å². The lowest BCUT2D eigenvalue weighted by atomic mass is 9.80. The molecule has 0 amide bonds. The molecule has 2 fully saturated rings. The van der Waals surface area contributed by atoms with E-state index < -0.39 is 5.79 Å². The van der Waals surface area contributed by atoms with Crippen molar-refractivity contribution in [2.75, 3.05) is 13.2 Å². The Balaban J connectivity index is 2.06. The van der Waals surface area contributed by atoms with Crippen LogP contribution in [-0.4, -0.2) is 24.8 Å². The molecule has 2 aliphatic rings. The van der Waals surface area contributed by atoms with Crippen LogP contribution in [0.1, 0.15) is 39.0 Å². The summed E-state index contributed by atoms with van der Waals surface area (Å²) in [4.78, 5) is 11.1. The summed E-state index contributed by atoms with van der Waals surface area (Å²) >= 11 is 0. The highest BCUT2D eigenvalue weighted by molar-refractivity contribution is 5.75. The van der Waals surface area contributed by atoms with E-state index in [0.717, 1.165) is 19.3 Å². The zero-order chi connectivity index (χ0) is 10.0. The quantitative estimate of drug-likeness (QED) is 0.679. The van der Waals surface area contributed by atoms with Crippen LogP contribution in [0.2, 0.25) is 0 Å². The number of ether oxygens (including phenoxy) is 2. The van der Waals surface area contributed by atoms with Gasteiger partial charge in [0.1, 0.15) is 5.78 Å². The first-order valence-electron chi connectivity index (χ1n) is 5.50. The molecule has 1 heterocycles. The van der Waals surface area contributed by atoms with Crippen LogP contribution in [0, 0.1) is 5.92 Å². The van der Waals surface area contributed by atoms with Gasteiger partial charge in [-0.2, -0.15) is 0 Å². The summed E-state index contributed by atoms with van der Waals surface area (Å²) in [5.41, 5.74) is 0. The molecule has 1 aliphatic carbocycles. The molecule has 1 aliphatic heterocycles. The third-order valence-corrected chi connectivity index (χ3v) is 3.26. The maximum Gasteiger partial charge on any atom is 0.171 e. The zero-order valence-electron chi connectivity index (χ0n) is 8.75. The summed E-state index contributed by atoms with van der Waals surface area (Å²) in [7, 11) is 0. The lowest BCUT2D eigenvalue weighted by Gasteiger charge is -2.38. The molecule has 0 aromatic carbocycles. The van der Waals surface area contributed by atoms with Gasteiger partial charge in [-0.05, 0) is 19.8 Å². The second-order valence-corrected chi connectivity index (χ2v) is 4.36. The third kappa shape index (κ3) is 1.84. The predicted molar refractivity (Wildman–Crippen MR) is 51.9 cm³/mol. The van der Waals surface area contributed by atoms with Crippen LogP contribution in [0.25, 0.3) is 0 Å². The SMILES string of the molecule is CC(=O)C[C@H]1CCCCC12OCCO2. The highest BCUT2D eigenvalue weighted by Crippen LogP contribution is 2.42. The monoisotopic (exact) mass is 198 g/mol. The Kier molecular flexibility index (Phi) is 2.88. The summed E-state index contributed by atoms with van der Waals surface area (Å²) < 4.78 is 11.4. The van der Waals surface area contributed by atoms with Crippen molar-refractivity contribution in [2.45, 2.75) is 44.8 Å². The van der Waals surface area contributed by atoms with Gasteiger partial charge < -0.3 is 14.3 Å². The van der Waals surface area contributed by atoms with Gasteiger partial charge in [0.25, 0.3) is 0 Å². The van der Waals surface area contributed by atoms with E-state index in [1.165, 1.54) is 6.42 Å². The smallest absolute Gasteiger partial charge is 0.171 e. The number of hydrogen-bond donors (Lipinski definition) is 0. The Hall–Kier alpha value is -0.410. The Morgan fingerprint density at radius 3 is 2.71 bits per heavy atom. The van der Waals surface area contributed by atoms with E-state index >= 15 is 0 Å². The molecule has 2 rings (SSSR count). The number of carbonyl (C=O) groups excluding carboxylic acids is 1. The van der Waals surface area contributed by atoms with Gasteiger partial charge in [0.2, 0.25) is 0 Å². The van der Waals surface area contributed by atoms with Crippen LogP contribution in [0.4, 0.5) is 0 Å². The molecule has 14 heavy (non-hydrogen) atoms. The third-order valence-electron chi connectivity index (χ3n) is 3.26. The highest BCUT2D eigenvalue weighted by atomic mass is 16.7. The van der Waals surface area contributed by atoms with E-state index in [9.17, 15) is 4.79 Å². The summed E-state index contributed by atoms with van der Waals surface area (Å²) in [6.45, 7) is 3.03. The van der Waals surface area contributed by atoms with Gasteiger partial charge in [-0.25, -0.2) is 0 Å². The van der Waals surface area contributed by atoms with Gasteiger partial charge >= 0.3 is 0 Å². The molecule has 0 aromatic rings. The van der Waals surface area contributed by atoms with E-state index in [2.05, 4.69) is 0 Å². The van der Waals surface area contributed by atoms with Crippen molar-refractivity contribution in [1.29, 1.82) is 0 Å². The largest absolute Gasteiger partial charge is 0.347 e. The van der Waals surface area contributed by atoms with Gasteiger partial charge in [0.05, 0.1) is 13.2 Å². The lowest BCUT2D eigenvalue weighted by molar-refractivity contribution is -0.213. The number of Topliss-reactive ketones (excluding diaryl/α,β-unsaturated/α-hetero) is 1. The Morgan fingerprint density at radius 1 is 1.36 bits per heavy atom. The van der Waals surface area contributed by atoms with Crippen molar-refractivity contribution in [3.63, 3.8) is 0 Å². The van der Waals surface area contributed by atoms with Gasteiger partial charge in [0.15, 0.2) is 5.79 Å². The second-order valence-electron chi connectivity index (χ2n) is 4.36. The number of hydrogen-bond acceptors (Lipinski definition) is 3. The molecule has 1 saturated carbocycles. The van der Waals surface area contributed by atoms with E-state index in [4.69, 9.17) is 9.47 Å². The van der Waals surface area contributed by atoms with Crippen LogP contribution in [0.3, 0.4) is 0 Å². The topological polar surface area (TPSA) is 35.5 Å². The van der Waals surface area contributed by atoms with Crippen molar-refractivity contribution in [1.82, 2.24) is 0 Å². The zero-order valence-corrected chi connectivity index (χ0v) is 8.75. The average molecular weight is 198 g/mol. The van der Waals surface area contributed by atoms with Crippen LogP contribution in [-0.2, 0) is 14.3 Å². The summed E-state index contributed by atoms with van der Waals surface area (Å²) in [6.07, 6.45) is 5.01. The maximum absolute atomic E-state index is 11.1. The van der Waals surface area contributed by atoms with Crippen molar-refractivity contribution < 1.29 is 14.3 Å². The minimum Gasteiger partial charge on any atom is -0.347 e. The first-order valence-corrected chi connectivity index (χ1v) is 5.50. The van der Waals surface area contributed by atoms with Gasteiger partial charge in [-0.15, -0.1) is 0 Å². The van der Waals surface area contributed by atoms with Gasteiger partial charge in [0, 0.05) is 18.8 Å². The van der Waals surface area contributed by atoms with Crippen LogP contribution in [0.15, 0.2) is 0 Å². The summed E-state index contributed by atoms with van der Waals surface area (Å²) in [5, 5.41) is 0. The Morgan fingerprint density at radius 2 is 2.07 bits per heavy atom. The molecule has 3 heteroatoms. The first kappa shape index (κ1) is 10.1. The fourth-order valence-corrected chi connectivity index (χ4v) is 2.64. The molecule has 0 unspecified atom stereocenters. The fourth-order valence-electron chi connectivity index (χ4n) is 2.64. The maximum atomic E-state index is 11.1. The number of carbonyl (C=O) groups is 1. The number of rotatable bonds is 2. The van der Waals surface area contributed by atoms with E-state index in [1.807, 2.05) is 0 Å². The molecule has 0 radical (unpaired) electrons. The molecular weight excluding hydrogens is 180 g/mol. The fraction of sp³-hybridized carbons (Fsp3) is 0.909. The van der Waals surface area contributed by atoms with Crippen LogP contribution in [0.5, 0.6) is 0 Å². The molecule has 0 N–H and O–H groups in total. The van der Waals surface area contributed by atoms with Crippen molar-refractivity contribution in [2.24, 2.45) is 5.92 Å². The van der Waals surface area contributed by atoms with E-state index in [-0.39, 0.29) is 11.7 Å². The first-order chi connectivity index (χ1) is 6.73. The van der Waals surface area contributed by atoms with Crippen molar-refractivity contribution in [3.8, 4) is 0 Å². The normalized spacial score (nSPS) is 30.8. The van der Waals surface area contributed by atoms with Gasteiger partial charge in [-0.1, -0.05) is 6.42 Å². The summed E-state index contributed by atoms with van der Waals surface area (Å²) in [5.74, 6) is 0.135. The molecule has 0 bridgehead atoms. The van der Waals surface area contributed by atoms with E-state index in [1.54, 1.807) is 6.92 Å². The Labute approximate surface area is 84.8 Å². The predicted octanol–water partition coefficient (Wildman–Crippen LogP) is 1.90. The Bertz CT molecular complexity index is 219. The molecular formula is C11H18O3. The molecule has 3 nitrogen and oxygen atoms in total. The minimum atomic E-state index is -0.399. The highest BCUT2D eigenvalue weighted by Gasteiger charge is 2.45. The molecule has 80 valence electrons. The lowest BCUT2D eigenvalue weighted by Crippen LogP contribution is -2.42. The molecule has 0 aromatic heterocycles. The van der Waals surface area contributed by atoms with Gasteiger partial charge in [-0.3, -0.25) is 0 Å². The standard InChI is InChI=1S/C11H18O3/c1-9(12)8-10-4-2-3-5-11(10)13-6-7-14-11/h10H,2-8H2,1H3/t10-/m1/s1. The minimum absolute atomic E-state index is 0.246. The average Bonchev–Trinajstić information content (AvgIpc) is 2.58. The molecule has 1 atom stereocenters. The summed E-state index contributed by atoms with van der Waals surface area (Å²) in [6, 6.07) is 0. The van der Waals surface area contributed by atoms with Crippen molar-refractivity contribution >= 4 is 5.78 Å². The second kappa shape index (κ2) is 3.99. The molecule has 1 spiro atoms. The number of ketones is 1. The van der Waals surface area contributed by atoms with Crippen LogP contribution >= 0.6 is 0 Å². The van der Waals surface area contributed by atoms with E-state index in [0.29, 0.717) is 19.6 Å². The molecule has 1 saturated heterocycles.